The summed E-state index contributed by atoms with van der Waals surface area (Å²) in [5.41, 5.74) is 2.44. The normalized spacial score (nSPS) is 10.3. The van der Waals surface area contributed by atoms with E-state index in [9.17, 15) is 4.79 Å². The highest BCUT2D eigenvalue weighted by atomic mass is 35.5. The van der Waals surface area contributed by atoms with Gasteiger partial charge in [-0.25, -0.2) is 4.79 Å². The lowest BCUT2D eigenvalue weighted by atomic mass is 10.2. The summed E-state index contributed by atoms with van der Waals surface area (Å²) >= 11 is 5.89. The number of aromatic nitrogens is 1. The molecule has 0 radical (unpaired) electrons. The fourth-order valence-corrected chi connectivity index (χ4v) is 2.34. The van der Waals surface area contributed by atoms with Crippen molar-refractivity contribution >= 4 is 29.1 Å². The third-order valence-corrected chi connectivity index (χ3v) is 3.48. The minimum Gasteiger partial charge on any atom is -0.354 e. The Labute approximate surface area is 138 Å². The third kappa shape index (κ3) is 3.70. The first kappa shape index (κ1) is 15.1. The van der Waals surface area contributed by atoms with Gasteiger partial charge in [-0.1, -0.05) is 47.1 Å². The summed E-state index contributed by atoms with van der Waals surface area (Å²) in [7, 11) is 0. The molecule has 23 heavy (non-hydrogen) atoms. The molecule has 2 amide bonds. The standard InChI is InChI=1S/C17H14ClN3O2/c1-11-9-13(18)7-8-14(11)19-17(22)20-16-10-15(23-21-16)12-5-3-2-4-6-12/h2-10H,1H3,(H2,19,20,21,22). The number of hydrogen-bond donors (Lipinski definition) is 2. The minimum absolute atomic E-state index is 0.341. The predicted molar refractivity (Wildman–Crippen MR) is 90.8 cm³/mol. The number of amides is 2. The van der Waals surface area contributed by atoms with E-state index in [-0.39, 0.29) is 0 Å². The number of halogens is 1. The fourth-order valence-electron chi connectivity index (χ4n) is 2.11. The van der Waals surface area contributed by atoms with Gasteiger partial charge in [0.2, 0.25) is 0 Å². The van der Waals surface area contributed by atoms with Gasteiger partial charge in [0.05, 0.1) is 0 Å². The summed E-state index contributed by atoms with van der Waals surface area (Å²) < 4.78 is 5.23. The Morgan fingerprint density at radius 1 is 1.09 bits per heavy atom. The number of hydrogen-bond acceptors (Lipinski definition) is 3. The Morgan fingerprint density at radius 2 is 1.87 bits per heavy atom. The molecular formula is C17H14ClN3O2. The van der Waals surface area contributed by atoms with Crippen molar-refractivity contribution in [2.24, 2.45) is 0 Å². The molecule has 2 N–H and O–H groups in total. The van der Waals surface area contributed by atoms with Gasteiger partial charge in [-0.05, 0) is 30.7 Å². The smallest absolute Gasteiger partial charge is 0.324 e. The molecule has 0 aliphatic rings. The maximum absolute atomic E-state index is 12.0. The molecule has 2 aromatic carbocycles. The zero-order valence-corrected chi connectivity index (χ0v) is 13.1. The number of anilines is 2. The van der Waals surface area contributed by atoms with Gasteiger partial charge in [0.1, 0.15) is 0 Å². The van der Waals surface area contributed by atoms with E-state index in [1.165, 1.54) is 0 Å². The number of nitrogens with zero attached hydrogens (tertiary/aromatic N) is 1. The zero-order valence-electron chi connectivity index (χ0n) is 12.3. The van der Waals surface area contributed by atoms with Crippen molar-refractivity contribution < 1.29 is 9.32 Å². The molecule has 3 rings (SSSR count). The monoisotopic (exact) mass is 327 g/mol. The first-order valence-electron chi connectivity index (χ1n) is 6.98. The second kappa shape index (κ2) is 6.54. The third-order valence-electron chi connectivity index (χ3n) is 3.25. The van der Waals surface area contributed by atoms with Gasteiger partial charge >= 0.3 is 6.03 Å². The van der Waals surface area contributed by atoms with Gasteiger partial charge in [-0.3, -0.25) is 5.32 Å². The average molecular weight is 328 g/mol. The number of rotatable bonds is 3. The van der Waals surface area contributed by atoms with Gasteiger partial charge in [0.25, 0.3) is 0 Å². The average Bonchev–Trinajstić information content (AvgIpc) is 2.99. The molecule has 0 atom stereocenters. The van der Waals surface area contributed by atoms with Gasteiger partial charge < -0.3 is 9.84 Å². The van der Waals surface area contributed by atoms with Crippen molar-refractivity contribution in [1.29, 1.82) is 0 Å². The largest absolute Gasteiger partial charge is 0.354 e. The summed E-state index contributed by atoms with van der Waals surface area (Å²) in [5.74, 6) is 0.927. The molecular weight excluding hydrogens is 314 g/mol. The highest BCUT2D eigenvalue weighted by molar-refractivity contribution is 6.30. The molecule has 0 aliphatic heterocycles. The maximum atomic E-state index is 12.0. The second-order valence-electron chi connectivity index (χ2n) is 4.98. The predicted octanol–water partition coefficient (Wildman–Crippen LogP) is 4.95. The van der Waals surface area contributed by atoms with Crippen LogP contribution in [0.1, 0.15) is 5.56 Å². The van der Waals surface area contributed by atoms with Crippen LogP contribution in [0.15, 0.2) is 59.1 Å². The van der Waals surface area contributed by atoms with E-state index in [0.29, 0.717) is 22.3 Å². The lowest BCUT2D eigenvalue weighted by molar-refractivity contribution is 0.262. The van der Waals surface area contributed by atoms with Gasteiger partial charge in [-0.15, -0.1) is 0 Å². The number of carbonyl (C=O) groups excluding carboxylic acids is 1. The van der Waals surface area contributed by atoms with Crippen LogP contribution in [0.25, 0.3) is 11.3 Å². The Hall–Kier alpha value is -2.79. The highest BCUT2D eigenvalue weighted by Gasteiger charge is 2.10. The van der Waals surface area contributed by atoms with E-state index >= 15 is 0 Å². The summed E-state index contributed by atoms with van der Waals surface area (Å²) in [6.45, 7) is 1.87. The lowest BCUT2D eigenvalue weighted by Crippen LogP contribution is -2.20. The van der Waals surface area contributed by atoms with Crippen molar-refractivity contribution in [3.8, 4) is 11.3 Å². The number of carbonyl (C=O) groups is 1. The van der Waals surface area contributed by atoms with Crippen LogP contribution >= 0.6 is 11.6 Å². The van der Waals surface area contributed by atoms with Gasteiger partial charge in [0, 0.05) is 22.3 Å². The summed E-state index contributed by atoms with van der Waals surface area (Å²) in [5, 5.41) is 9.84. The SMILES string of the molecule is Cc1cc(Cl)ccc1NC(=O)Nc1cc(-c2ccccc2)on1. The molecule has 5 nitrogen and oxygen atoms in total. The zero-order chi connectivity index (χ0) is 16.2. The molecule has 0 aliphatic carbocycles. The van der Waals surface area contributed by atoms with Crippen molar-refractivity contribution in [2.75, 3.05) is 10.6 Å². The Balaban J connectivity index is 1.68. The molecule has 0 bridgehead atoms. The van der Waals surface area contributed by atoms with Gasteiger partial charge in [0.15, 0.2) is 11.6 Å². The molecule has 3 aromatic rings. The quantitative estimate of drug-likeness (QED) is 0.715. The number of urea groups is 1. The van der Waals surface area contributed by atoms with E-state index < -0.39 is 6.03 Å². The molecule has 0 saturated carbocycles. The molecule has 1 aromatic heterocycles. The lowest BCUT2D eigenvalue weighted by Gasteiger charge is -2.08. The van der Waals surface area contributed by atoms with Crippen molar-refractivity contribution in [3.63, 3.8) is 0 Å². The van der Waals surface area contributed by atoms with Gasteiger partial charge in [-0.2, -0.15) is 0 Å². The van der Waals surface area contributed by atoms with Crippen LogP contribution in [0, 0.1) is 6.92 Å². The fraction of sp³-hybridized carbons (Fsp3) is 0.0588. The van der Waals surface area contributed by atoms with Crippen molar-refractivity contribution in [3.05, 3.63) is 65.2 Å². The van der Waals surface area contributed by atoms with Crippen LogP contribution in [0.4, 0.5) is 16.3 Å². The van der Waals surface area contributed by atoms with Crippen molar-refractivity contribution in [2.45, 2.75) is 6.92 Å². The summed E-state index contributed by atoms with van der Waals surface area (Å²) in [6.07, 6.45) is 0. The number of benzene rings is 2. The second-order valence-corrected chi connectivity index (χ2v) is 5.42. The summed E-state index contributed by atoms with van der Waals surface area (Å²) in [4.78, 5) is 12.0. The molecule has 116 valence electrons. The van der Waals surface area contributed by atoms with E-state index in [4.69, 9.17) is 16.1 Å². The molecule has 0 unspecified atom stereocenters. The Kier molecular flexibility index (Phi) is 4.30. The number of aryl methyl sites for hydroxylation is 1. The van der Waals surface area contributed by atoms with Crippen LogP contribution in [-0.4, -0.2) is 11.2 Å². The molecule has 0 saturated heterocycles. The maximum Gasteiger partial charge on any atom is 0.324 e. The number of nitrogens with one attached hydrogen (secondary N) is 2. The highest BCUT2D eigenvalue weighted by Crippen LogP contribution is 2.23. The molecule has 6 heteroatoms. The molecule has 0 spiro atoms. The minimum atomic E-state index is -0.400. The van der Waals surface area contributed by atoms with Crippen LogP contribution < -0.4 is 10.6 Å². The van der Waals surface area contributed by atoms with E-state index in [2.05, 4.69) is 15.8 Å². The first-order valence-corrected chi connectivity index (χ1v) is 7.36. The Bertz CT molecular complexity index is 831. The summed E-state index contributed by atoms with van der Waals surface area (Å²) in [6, 6.07) is 16.0. The van der Waals surface area contributed by atoms with Crippen molar-refractivity contribution in [1.82, 2.24) is 5.16 Å². The Morgan fingerprint density at radius 3 is 2.61 bits per heavy atom. The van der Waals surface area contributed by atoms with E-state index in [0.717, 1.165) is 11.1 Å². The first-order chi connectivity index (χ1) is 11.1. The topological polar surface area (TPSA) is 67.2 Å². The van der Waals surface area contributed by atoms with E-state index in [1.54, 1.807) is 24.3 Å². The van der Waals surface area contributed by atoms with Crippen LogP contribution in [0.2, 0.25) is 5.02 Å². The van der Waals surface area contributed by atoms with Crippen LogP contribution in [0.5, 0.6) is 0 Å². The molecule has 0 fully saturated rings. The van der Waals surface area contributed by atoms with E-state index in [1.807, 2.05) is 37.3 Å². The molecule has 1 heterocycles. The van der Waals surface area contributed by atoms with Crippen LogP contribution in [0.3, 0.4) is 0 Å². The van der Waals surface area contributed by atoms with Crippen LogP contribution in [-0.2, 0) is 0 Å².